The highest BCUT2D eigenvalue weighted by atomic mass is 19.4. The summed E-state index contributed by atoms with van der Waals surface area (Å²) in [5, 5.41) is 8.64. The van der Waals surface area contributed by atoms with Crippen molar-refractivity contribution in [2.75, 3.05) is 5.73 Å². The van der Waals surface area contributed by atoms with Crippen molar-refractivity contribution in [1.29, 1.82) is 5.26 Å². The number of anilines is 1. The molecule has 1 aromatic carbocycles. The van der Waals surface area contributed by atoms with Crippen LogP contribution in [0.4, 0.5) is 18.9 Å². The molecular formula is C13H8F3N3O. The van der Waals surface area contributed by atoms with Crippen LogP contribution >= 0.6 is 0 Å². The van der Waals surface area contributed by atoms with Gasteiger partial charge in [0, 0.05) is 6.07 Å². The van der Waals surface area contributed by atoms with Crippen molar-refractivity contribution in [3.05, 3.63) is 47.8 Å². The highest BCUT2D eigenvalue weighted by molar-refractivity contribution is 5.53. The van der Waals surface area contributed by atoms with E-state index < -0.39 is 11.9 Å². The number of nitrogens with zero attached hydrogens (tertiary/aromatic N) is 2. The molecule has 20 heavy (non-hydrogen) atoms. The Hall–Kier alpha value is -2.75. The van der Waals surface area contributed by atoms with E-state index in [9.17, 15) is 13.2 Å². The van der Waals surface area contributed by atoms with Crippen LogP contribution in [0.2, 0.25) is 0 Å². The zero-order valence-corrected chi connectivity index (χ0v) is 9.98. The van der Waals surface area contributed by atoms with E-state index in [1.54, 1.807) is 0 Å². The van der Waals surface area contributed by atoms with Crippen molar-refractivity contribution >= 4 is 5.69 Å². The SMILES string of the molecule is N#Cc1ccc(Oc2cc(C(F)(F)F)ncc2N)cc1. The minimum absolute atomic E-state index is 0.0117. The second-order valence-corrected chi connectivity index (χ2v) is 3.84. The van der Waals surface area contributed by atoms with Crippen molar-refractivity contribution in [2.45, 2.75) is 6.18 Å². The first-order valence-electron chi connectivity index (χ1n) is 5.41. The number of rotatable bonds is 2. The van der Waals surface area contributed by atoms with E-state index in [0.29, 0.717) is 5.56 Å². The third kappa shape index (κ3) is 2.98. The van der Waals surface area contributed by atoms with Crippen molar-refractivity contribution in [2.24, 2.45) is 0 Å². The summed E-state index contributed by atoms with van der Waals surface area (Å²) < 4.78 is 42.9. The monoisotopic (exact) mass is 279 g/mol. The number of pyridine rings is 1. The summed E-state index contributed by atoms with van der Waals surface area (Å²) >= 11 is 0. The van der Waals surface area contributed by atoms with Gasteiger partial charge in [0.2, 0.25) is 0 Å². The van der Waals surface area contributed by atoms with Crippen LogP contribution in [0.25, 0.3) is 0 Å². The lowest BCUT2D eigenvalue weighted by Gasteiger charge is -2.11. The van der Waals surface area contributed by atoms with Crippen LogP contribution < -0.4 is 10.5 Å². The topological polar surface area (TPSA) is 71.9 Å². The molecule has 1 heterocycles. The van der Waals surface area contributed by atoms with Gasteiger partial charge >= 0.3 is 6.18 Å². The molecule has 0 spiro atoms. The van der Waals surface area contributed by atoms with Crippen LogP contribution in [-0.4, -0.2) is 4.98 Å². The van der Waals surface area contributed by atoms with E-state index in [4.69, 9.17) is 15.7 Å². The van der Waals surface area contributed by atoms with Gasteiger partial charge in [-0.1, -0.05) is 0 Å². The van der Waals surface area contributed by atoms with Crippen LogP contribution in [0.15, 0.2) is 36.5 Å². The Bertz CT molecular complexity index is 660. The summed E-state index contributed by atoms with van der Waals surface area (Å²) in [6, 6.07) is 8.54. The molecule has 0 aliphatic rings. The van der Waals surface area contributed by atoms with Crippen LogP contribution in [0.5, 0.6) is 11.5 Å². The molecule has 4 nitrogen and oxygen atoms in total. The molecular weight excluding hydrogens is 271 g/mol. The van der Waals surface area contributed by atoms with Crippen molar-refractivity contribution in [1.82, 2.24) is 4.98 Å². The molecule has 0 saturated heterocycles. The molecule has 2 aromatic rings. The second kappa shape index (κ2) is 5.09. The Labute approximate surface area is 112 Å². The summed E-state index contributed by atoms with van der Waals surface area (Å²) in [5.41, 5.74) is 4.84. The fourth-order valence-corrected chi connectivity index (χ4v) is 1.42. The van der Waals surface area contributed by atoms with Crippen LogP contribution in [-0.2, 0) is 6.18 Å². The Kier molecular flexibility index (Phi) is 3.48. The number of benzene rings is 1. The van der Waals surface area contributed by atoms with E-state index in [1.165, 1.54) is 24.3 Å². The normalized spacial score (nSPS) is 10.9. The summed E-state index contributed by atoms with van der Waals surface area (Å²) in [6.07, 6.45) is -3.68. The van der Waals surface area contributed by atoms with Crippen LogP contribution in [0.1, 0.15) is 11.3 Å². The van der Waals surface area contributed by atoms with Gasteiger partial charge in [0.05, 0.1) is 23.5 Å². The lowest BCUT2D eigenvalue weighted by atomic mass is 10.2. The summed E-state index contributed by atoms with van der Waals surface area (Å²) in [5.74, 6) is 0.132. The largest absolute Gasteiger partial charge is 0.455 e. The number of nitrogens with two attached hydrogens (primary N) is 1. The Morgan fingerprint density at radius 3 is 2.40 bits per heavy atom. The molecule has 1 aromatic heterocycles. The summed E-state index contributed by atoms with van der Waals surface area (Å²) in [6.45, 7) is 0. The fraction of sp³-hybridized carbons (Fsp3) is 0.0769. The highest BCUT2D eigenvalue weighted by Gasteiger charge is 2.33. The Morgan fingerprint density at radius 2 is 1.85 bits per heavy atom. The zero-order valence-electron chi connectivity index (χ0n) is 9.98. The van der Waals surface area contributed by atoms with Gasteiger partial charge in [0.15, 0.2) is 5.75 Å². The third-order valence-electron chi connectivity index (χ3n) is 2.40. The van der Waals surface area contributed by atoms with Crippen molar-refractivity contribution < 1.29 is 17.9 Å². The average Bonchev–Trinajstić information content (AvgIpc) is 2.41. The first kappa shape index (κ1) is 13.7. The van der Waals surface area contributed by atoms with E-state index in [1.807, 2.05) is 6.07 Å². The molecule has 0 fully saturated rings. The van der Waals surface area contributed by atoms with Gasteiger partial charge in [-0.25, -0.2) is 4.98 Å². The third-order valence-corrected chi connectivity index (χ3v) is 2.40. The van der Waals surface area contributed by atoms with Gasteiger partial charge in [-0.05, 0) is 24.3 Å². The number of hydrogen-bond acceptors (Lipinski definition) is 4. The van der Waals surface area contributed by atoms with Crippen LogP contribution in [0.3, 0.4) is 0 Å². The minimum Gasteiger partial charge on any atom is -0.455 e. The molecule has 0 saturated carbocycles. The van der Waals surface area contributed by atoms with E-state index in [0.717, 1.165) is 12.3 Å². The smallest absolute Gasteiger partial charge is 0.433 e. The fourth-order valence-electron chi connectivity index (χ4n) is 1.42. The second-order valence-electron chi connectivity index (χ2n) is 3.84. The number of nitriles is 1. The maximum Gasteiger partial charge on any atom is 0.433 e. The lowest BCUT2D eigenvalue weighted by molar-refractivity contribution is -0.141. The molecule has 0 radical (unpaired) electrons. The van der Waals surface area contributed by atoms with Gasteiger partial charge in [0.1, 0.15) is 11.4 Å². The lowest BCUT2D eigenvalue weighted by Crippen LogP contribution is -2.08. The molecule has 2 N–H and O–H groups in total. The van der Waals surface area contributed by atoms with Gasteiger partial charge in [-0.3, -0.25) is 0 Å². The number of aromatic nitrogens is 1. The molecule has 7 heteroatoms. The maximum absolute atomic E-state index is 12.5. The number of hydrogen-bond donors (Lipinski definition) is 1. The van der Waals surface area contributed by atoms with E-state index in [2.05, 4.69) is 4.98 Å². The average molecular weight is 279 g/mol. The molecule has 0 atom stereocenters. The zero-order chi connectivity index (χ0) is 14.8. The van der Waals surface area contributed by atoms with E-state index in [-0.39, 0.29) is 17.2 Å². The Morgan fingerprint density at radius 1 is 1.20 bits per heavy atom. The first-order chi connectivity index (χ1) is 9.40. The molecule has 102 valence electrons. The minimum atomic E-state index is -4.57. The molecule has 0 bridgehead atoms. The summed E-state index contributed by atoms with van der Waals surface area (Å²) in [4.78, 5) is 3.21. The highest BCUT2D eigenvalue weighted by Crippen LogP contribution is 2.34. The number of halogens is 3. The van der Waals surface area contributed by atoms with E-state index >= 15 is 0 Å². The number of ether oxygens (including phenoxy) is 1. The van der Waals surface area contributed by atoms with Gasteiger partial charge in [-0.2, -0.15) is 18.4 Å². The maximum atomic E-state index is 12.5. The standard InChI is InChI=1S/C13H8F3N3O/c14-13(15,16)12-5-11(10(18)7-19-12)20-9-3-1-8(6-17)2-4-9/h1-5,7H,18H2. The number of alkyl halides is 3. The molecule has 0 unspecified atom stereocenters. The molecule has 0 aliphatic heterocycles. The van der Waals surface area contributed by atoms with Gasteiger partial charge < -0.3 is 10.5 Å². The Balaban J connectivity index is 2.30. The molecule has 0 aliphatic carbocycles. The first-order valence-corrected chi connectivity index (χ1v) is 5.41. The molecule has 0 amide bonds. The predicted molar refractivity (Wildman–Crippen MR) is 64.9 cm³/mol. The molecule has 2 rings (SSSR count). The van der Waals surface area contributed by atoms with Gasteiger partial charge in [-0.15, -0.1) is 0 Å². The van der Waals surface area contributed by atoms with Crippen molar-refractivity contribution in [3.8, 4) is 17.6 Å². The number of nitrogen functional groups attached to an aromatic ring is 1. The quantitative estimate of drug-likeness (QED) is 0.915. The summed E-state index contributed by atoms with van der Waals surface area (Å²) in [7, 11) is 0. The van der Waals surface area contributed by atoms with Crippen LogP contribution in [0, 0.1) is 11.3 Å². The van der Waals surface area contributed by atoms with Crippen molar-refractivity contribution in [3.63, 3.8) is 0 Å². The van der Waals surface area contributed by atoms with Gasteiger partial charge in [0.25, 0.3) is 0 Å². The predicted octanol–water partition coefficient (Wildman–Crippen LogP) is 3.35.